The molecule has 0 saturated heterocycles. The van der Waals surface area contributed by atoms with Crippen molar-refractivity contribution in [3.05, 3.63) is 35.7 Å². The summed E-state index contributed by atoms with van der Waals surface area (Å²) in [4.78, 5) is 42.2. The van der Waals surface area contributed by atoms with Crippen LogP contribution >= 0.6 is 0 Å². The molecule has 0 unspecified atom stereocenters. The molecule has 164 valence electrons. The lowest BCUT2D eigenvalue weighted by Crippen LogP contribution is -2.42. The van der Waals surface area contributed by atoms with Crippen LogP contribution in [0.2, 0.25) is 0 Å². The molecule has 31 heavy (non-hydrogen) atoms. The van der Waals surface area contributed by atoms with E-state index < -0.39 is 5.92 Å². The van der Waals surface area contributed by atoms with Crippen molar-refractivity contribution in [3.63, 3.8) is 0 Å². The Morgan fingerprint density at radius 1 is 1.13 bits per heavy atom. The third-order valence-electron chi connectivity index (χ3n) is 5.97. The maximum absolute atomic E-state index is 13.4. The first-order valence-electron chi connectivity index (χ1n) is 10.7. The molecule has 1 fully saturated rings. The van der Waals surface area contributed by atoms with E-state index in [2.05, 4.69) is 21.0 Å². The summed E-state index contributed by atoms with van der Waals surface area (Å²) in [5, 5.41) is 0. The molecule has 1 aromatic heterocycles. The Kier molecular flexibility index (Phi) is 6.01. The molecular formula is C22H28N6O3. The van der Waals surface area contributed by atoms with Gasteiger partial charge in [-0.2, -0.15) is 15.0 Å². The molecule has 2 aromatic rings. The van der Waals surface area contributed by atoms with E-state index in [0.717, 1.165) is 24.9 Å². The molecule has 0 spiro atoms. The Bertz CT molecular complexity index is 979. The van der Waals surface area contributed by atoms with Crippen LogP contribution in [0, 0.1) is 11.8 Å². The first-order chi connectivity index (χ1) is 14.9. The Hall–Kier alpha value is -3.23. The van der Waals surface area contributed by atoms with Crippen molar-refractivity contribution in [1.29, 1.82) is 0 Å². The van der Waals surface area contributed by atoms with Crippen LogP contribution in [-0.2, 0) is 27.4 Å². The minimum atomic E-state index is -0.457. The van der Waals surface area contributed by atoms with Crippen LogP contribution in [0.4, 0.5) is 17.6 Å². The Morgan fingerprint density at radius 3 is 2.65 bits per heavy atom. The quantitative estimate of drug-likeness (QED) is 0.725. The van der Waals surface area contributed by atoms with E-state index in [1.165, 1.54) is 5.56 Å². The van der Waals surface area contributed by atoms with Crippen LogP contribution in [0.3, 0.4) is 0 Å². The number of rotatable bonds is 5. The van der Waals surface area contributed by atoms with Crippen molar-refractivity contribution in [3.8, 4) is 0 Å². The van der Waals surface area contributed by atoms with Crippen LogP contribution in [0.25, 0.3) is 0 Å². The molecule has 1 saturated carbocycles. The smallest absolute Gasteiger partial charge is 0.310 e. The summed E-state index contributed by atoms with van der Waals surface area (Å²) in [6.07, 6.45) is 4.03. The predicted octanol–water partition coefficient (Wildman–Crippen LogP) is 1.96. The molecule has 2 aliphatic rings. The monoisotopic (exact) mass is 424 g/mol. The van der Waals surface area contributed by atoms with E-state index >= 15 is 0 Å². The van der Waals surface area contributed by atoms with E-state index in [-0.39, 0.29) is 36.2 Å². The van der Waals surface area contributed by atoms with Crippen molar-refractivity contribution in [2.45, 2.75) is 38.7 Å². The van der Waals surface area contributed by atoms with Crippen LogP contribution in [0.5, 0.6) is 0 Å². The average Bonchev–Trinajstić information content (AvgIpc) is 3.21. The molecule has 2 heterocycles. The highest BCUT2D eigenvalue weighted by molar-refractivity contribution is 5.99. The molecular weight excluding hydrogens is 396 g/mol. The fourth-order valence-electron chi connectivity index (χ4n) is 4.41. The first kappa shape index (κ1) is 21.0. The highest BCUT2D eigenvalue weighted by Gasteiger charge is 2.40. The summed E-state index contributed by atoms with van der Waals surface area (Å²) in [5.41, 5.74) is 7.87. The zero-order valence-electron chi connectivity index (χ0n) is 18.0. The van der Waals surface area contributed by atoms with Crippen molar-refractivity contribution in [2.24, 2.45) is 11.8 Å². The van der Waals surface area contributed by atoms with Gasteiger partial charge in [-0.3, -0.25) is 9.59 Å². The minimum Gasteiger partial charge on any atom is -0.457 e. The number of amides is 1. The highest BCUT2D eigenvalue weighted by atomic mass is 16.5. The molecule has 9 heteroatoms. The number of esters is 1. The van der Waals surface area contributed by atoms with E-state index in [4.69, 9.17) is 10.5 Å². The SMILES string of the molecule is CN(C)c1nc(N)nc(COC(=O)[C@H]2CCCC[C@@H]2C(=O)N2CCc3ccccc32)n1. The van der Waals surface area contributed by atoms with E-state index in [1.54, 1.807) is 19.0 Å². The molecule has 1 aromatic carbocycles. The number of nitrogens with two attached hydrogens (primary N) is 1. The van der Waals surface area contributed by atoms with Gasteiger partial charge in [0, 0.05) is 26.3 Å². The number of ether oxygens (including phenoxy) is 1. The molecule has 4 rings (SSSR count). The zero-order valence-corrected chi connectivity index (χ0v) is 18.0. The molecule has 2 N–H and O–H groups in total. The Morgan fingerprint density at radius 2 is 1.87 bits per heavy atom. The zero-order chi connectivity index (χ0) is 22.0. The Labute approximate surface area is 181 Å². The second-order valence-electron chi connectivity index (χ2n) is 8.28. The molecule has 9 nitrogen and oxygen atoms in total. The fraction of sp³-hybridized carbons (Fsp3) is 0.500. The van der Waals surface area contributed by atoms with Crippen LogP contribution in [0.1, 0.15) is 37.1 Å². The number of benzene rings is 1. The van der Waals surface area contributed by atoms with Gasteiger partial charge in [-0.15, -0.1) is 0 Å². The standard InChI is InChI=1S/C22H28N6O3/c1-27(2)22-25-18(24-21(23)26-22)13-31-20(30)16-9-5-4-8-15(16)19(29)28-12-11-14-7-3-6-10-17(14)28/h3,6-7,10,15-16H,4-5,8-9,11-13H2,1-2H3,(H2,23,24,25,26)/t15-,16-/m0/s1. The predicted molar refractivity (Wildman–Crippen MR) is 116 cm³/mol. The lowest BCUT2D eigenvalue weighted by molar-refractivity contribution is -0.155. The summed E-state index contributed by atoms with van der Waals surface area (Å²) in [5.74, 6) is -0.423. The van der Waals surface area contributed by atoms with E-state index in [1.807, 2.05) is 23.1 Å². The lowest BCUT2D eigenvalue weighted by atomic mass is 9.78. The first-order valence-corrected chi connectivity index (χ1v) is 10.7. The lowest BCUT2D eigenvalue weighted by Gasteiger charge is -2.32. The minimum absolute atomic E-state index is 0.0194. The molecule has 0 radical (unpaired) electrons. The number of hydrogen-bond donors (Lipinski definition) is 1. The molecule has 2 atom stereocenters. The number of fused-ring (bicyclic) bond motifs is 1. The van der Waals surface area contributed by atoms with Crippen LogP contribution in [0.15, 0.2) is 24.3 Å². The van der Waals surface area contributed by atoms with Gasteiger partial charge in [-0.25, -0.2) is 0 Å². The highest BCUT2D eigenvalue weighted by Crippen LogP contribution is 2.36. The van der Waals surface area contributed by atoms with Gasteiger partial charge in [0.05, 0.1) is 11.8 Å². The van der Waals surface area contributed by atoms with Crippen molar-refractivity contribution >= 4 is 29.5 Å². The van der Waals surface area contributed by atoms with Crippen molar-refractivity contribution in [2.75, 3.05) is 36.2 Å². The van der Waals surface area contributed by atoms with E-state index in [9.17, 15) is 9.59 Å². The molecule has 1 amide bonds. The third kappa shape index (κ3) is 4.45. The largest absolute Gasteiger partial charge is 0.457 e. The second-order valence-corrected chi connectivity index (χ2v) is 8.28. The summed E-state index contributed by atoms with van der Waals surface area (Å²) in [7, 11) is 3.58. The van der Waals surface area contributed by atoms with Gasteiger partial charge >= 0.3 is 5.97 Å². The van der Waals surface area contributed by atoms with Gasteiger partial charge in [-0.1, -0.05) is 31.0 Å². The fourth-order valence-corrected chi connectivity index (χ4v) is 4.41. The molecule has 1 aliphatic carbocycles. The number of aromatic nitrogens is 3. The van der Waals surface area contributed by atoms with Crippen LogP contribution in [-0.4, -0.2) is 47.5 Å². The number of nitrogen functional groups attached to an aromatic ring is 1. The number of para-hydroxylation sites is 1. The van der Waals surface area contributed by atoms with Gasteiger partial charge in [0.2, 0.25) is 17.8 Å². The summed E-state index contributed by atoms with van der Waals surface area (Å²) in [6.45, 7) is 0.560. The number of carbonyl (C=O) groups excluding carboxylic acids is 2. The number of anilines is 3. The van der Waals surface area contributed by atoms with E-state index in [0.29, 0.717) is 25.3 Å². The number of nitrogens with zero attached hydrogens (tertiary/aromatic N) is 5. The average molecular weight is 425 g/mol. The van der Waals surface area contributed by atoms with Gasteiger partial charge < -0.3 is 20.3 Å². The third-order valence-corrected chi connectivity index (χ3v) is 5.97. The maximum atomic E-state index is 13.4. The number of carbonyl (C=O) groups is 2. The van der Waals surface area contributed by atoms with Crippen LogP contribution < -0.4 is 15.5 Å². The normalized spacial score (nSPS) is 20.3. The Balaban J connectivity index is 1.45. The number of hydrogen-bond acceptors (Lipinski definition) is 8. The summed E-state index contributed by atoms with van der Waals surface area (Å²) in [6, 6.07) is 7.96. The molecule has 0 bridgehead atoms. The van der Waals surface area contributed by atoms with Gasteiger partial charge in [0.1, 0.15) is 0 Å². The summed E-state index contributed by atoms with van der Waals surface area (Å²) < 4.78 is 5.53. The van der Waals surface area contributed by atoms with Gasteiger partial charge in [-0.05, 0) is 30.9 Å². The van der Waals surface area contributed by atoms with Crippen molar-refractivity contribution < 1.29 is 14.3 Å². The maximum Gasteiger partial charge on any atom is 0.310 e. The second kappa shape index (κ2) is 8.87. The topological polar surface area (TPSA) is 115 Å². The van der Waals surface area contributed by atoms with Gasteiger partial charge in [0.25, 0.3) is 0 Å². The molecule has 1 aliphatic heterocycles. The summed E-state index contributed by atoms with van der Waals surface area (Å²) >= 11 is 0. The van der Waals surface area contributed by atoms with Crippen molar-refractivity contribution in [1.82, 2.24) is 15.0 Å². The van der Waals surface area contributed by atoms with Gasteiger partial charge in [0.15, 0.2) is 12.4 Å².